The van der Waals surface area contributed by atoms with Crippen molar-refractivity contribution in [1.29, 1.82) is 0 Å². The van der Waals surface area contributed by atoms with E-state index in [0.29, 0.717) is 19.5 Å². The van der Waals surface area contributed by atoms with E-state index in [2.05, 4.69) is 22.5 Å². The summed E-state index contributed by atoms with van der Waals surface area (Å²) in [5, 5.41) is 51.7. The molecule has 0 bridgehead atoms. The van der Waals surface area contributed by atoms with Crippen molar-refractivity contribution in [2.45, 2.75) is 51.2 Å². The minimum Gasteiger partial charge on any atom is -0.393 e. The van der Waals surface area contributed by atoms with Gasteiger partial charge in [0.25, 0.3) is 17.1 Å². The van der Waals surface area contributed by atoms with E-state index in [9.17, 15) is 40.6 Å². The monoisotopic (exact) mass is 767 g/mol. The lowest BCUT2D eigenvalue weighted by Crippen LogP contribution is -2.38. The standard InChI is InChI=1S/C19H20N4O3.C11H15N3O3.C9H10N2O2/c20-16-5-3-12(10-19(16)23(25)26)18-9-13-8-14(4-6-17(13)21-18)22-7-1-2-15(24)11-22;12-10-6-8(3-4-11(10)14(16)17)13-5-1-2-9(15)7-13;1-6(2)7-3-4-8(10)9(5-7)11(12)13/h3-6,8,10,15,24H,1-2,7,9,11,20H2;3-4,6,9,15H,1-2,5,7,12H2;3-5H,1,10H2,2H3. The fraction of sp³-hybridized carbons (Fsp3) is 0.308. The molecule has 3 aliphatic heterocycles. The summed E-state index contributed by atoms with van der Waals surface area (Å²) in [5.41, 5.74) is 23.9. The predicted molar refractivity (Wildman–Crippen MR) is 218 cm³/mol. The van der Waals surface area contributed by atoms with Gasteiger partial charge in [-0.25, -0.2) is 0 Å². The summed E-state index contributed by atoms with van der Waals surface area (Å²) in [6, 6.07) is 20.3. The van der Waals surface area contributed by atoms with Gasteiger partial charge in [-0.1, -0.05) is 24.3 Å². The number of piperidine rings is 2. The molecular weight excluding hydrogens is 722 g/mol. The quantitative estimate of drug-likeness (QED) is 0.0802. The summed E-state index contributed by atoms with van der Waals surface area (Å²) in [4.78, 5) is 39.6. The van der Waals surface area contributed by atoms with Gasteiger partial charge in [0.2, 0.25) is 0 Å². The highest BCUT2D eigenvalue weighted by Crippen LogP contribution is 2.35. The Morgan fingerprint density at radius 2 is 1.25 bits per heavy atom. The molecule has 2 unspecified atom stereocenters. The van der Waals surface area contributed by atoms with Crippen molar-refractivity contribution in [1.82, 2.24) is 0 Å². The van der Waals surface area contributed by atoms with Crippen molar-refractivity contribution in [3.05, 3.63) is 126 Å². The first-order valence-corrected chi connectivity index (χ1v) is 18.0. The number of nitro benzene ring substituents is 3. The van der Waals surface area contributed by atoms with Crippen LogP contribution >= 0.6 is 0 Å². The molecule has 56 heavy (non-hydrogen) atoms. The van der Waals surface area contributed by atoms with Crippen molar-refractivity contribution >= 4 is 62.5 Å². The van der Waals surface area contributed by atoms with Crippen LogP contribution in [0, 0.1) is 30.3 Å². The third-order valence-corrected chi connectivity index (χ3v) is 9.69. The molecule has 2 atom stereocenters. The highest BCUT2D eigenvalue weighted by atomic mass is 16.6. The molecule has 0 saturated carbocycles. The SMILES string of the molecule is C=C(C)c1ccc(N)c([N+](=O)[O-])c1.Nc1cc(N2CCCC(O)C2)ccc1[N+](=O)[O-].Nc1ccc(C2=Nc3ccc(N4CCCC(O)C4)cc3C2)cc1[N+](=O)[O-]. The van der Waals surface area contributed by atoms with E-state index < -0.39 is 14.8 Å². The van der Waals surface area contributed by atoms with Gasteiger partial charge in [0.05, 0.1) is 38.4 Å². The largest absolute Gasteiger partial charge is 0.393 e. The van der Waals surface area contributed by atoms with Crippen LogP contribution in [0.5, 0.6) is 0 Å². The second-order valence-corrected chi connectivity index (χ2v) is 13.9. The first-order valence-electron chi connectivity index (χ1n) is 18.0. The number of nitro groups is 3. The fourth-order valence-corrected chi connectivity index (χ4v) is 6.68. The lowest BCUT2D eigenvalue weighted by molar-refractivity contribution is -0.384. The van der Waals surface area contributed by atoms with Crippen LogP contribution in [0.25, 0.3) is 5.57 Å². The number of nitrogens with two attached hydrogens (primary N) is 3. The predicted octanol–water partition coefficient (Wildman–Crippen LogP) is 6.16. The van der Waals surface area contributed by atoms with E-state index in [1.807, 2.05) is 17.0 Å². The van der Waals surface area contributed by atoms with Crippen LogP contribution in [0.4, 0.5) is 51.2 Å². The number of hydrogen-bond acceptors (Lipinski definition) is 14. The Labute approximate surface area is 322 Å². The Morgan fingerprint density at radius 1 is 0.714 bits per heavy atom. The topological polar surface area (TPSA) is 267 Å². The minimum absolute atomic E-state index is 0.0690. The lowest BCUT2D eigenvalue weighted by Gasteiger charge is -2.32. The number of aliphatic imine (C=N–C) groups is 1. The highest BCUT2D eigenvalue weighted by Gasteiger charge is 2.24. The number of benzene rings is 4. The van der Waals surface area contributed by atoms with E-state index in [-0.39, 0.29) is 46.3 Å². The number of nitrogen functional groups attached to an aromatic ring is 3. The molecule has 294 valence electrons. The van der Waals surface area contributed by atoms with Gasteiger partial charge in [-0.3, -0.25) is 35.3 Å². The first kappa shape index (κ1) is 40.6. The molecule has 3 aliphatic rings. The number of anilines is 5. The molecule has 8 N–H and O–H groups in total. The number of aliphatic hydroxyl groups excluding tert-OH is 2. The molecule has 4 aromatic rings. The summed E-state index contributed by atoms with van der Waals surface area (Å²) < 4.78 is 0. The van der Waals surface area contributed by atoms with Crippen molar-refractivity contribution in [3.8, 4) is 0 Å². The third-order valence-electron chi connectivity index (χ3n) is 9.69. The second kappa shape index (κ2) is 17.7. The van der Waals surface area contributed by atoms with E-state index in [4.69, 9.17) is 17.2 Å². The number of hydrogen-bond donors (Lipinski definition) is 5. The van der Waals surface area contributed by atoms with Gasteiger partial charge in [0, 0.05) is 67.7 Å². The maximum Gasteiger partial charge on any atom is 0.292 e. The molecule has 0 aromatic heterocycles. The summed E-state index contributed by atoms with van der Waals surface area (Å²) in [5.74, 6) is 0. The third kappa shape index (κ3) is 9.93. The van der Waals surface area contributed by atoms with Crippen LogP contribution in [-0.2, 0) is 6.42 Å². The van der Waals surface area contributed by atoms with Gasteiger partial charge in [-0.05, 0) is 86.2 Å². The van der Waals surface area contributed by atoms with E-state index in [1.54, 1.807) is 37.3 Å². The minimum atomic E-state index is -0.498. The molecule has 0 spiro atoms. The number of allylic oxidation sites excluding steroid dienone is 1. The smallest absolute Gasteiger partial charge is 0.292 e. The highest BCUT2D eigenvalue weighted by molar-refractivity contribution is 6.07. The van der Waals surface area contributed by atoms with Gasteiger partial charge in [0.15, 0.2) is 0 Å². The molecule has 0 amide bonds. The van der Waals surface area contributed by atoms with Gasteiger partial charge < -0.3 is 37.2 Å². The Morgan fingerprint density at radius 3 is 1.79 bits per heavy atom. The zero-order chi connectivity index (χ0) is 40.7. The maximum atomic E-state index is 11.1. The number of fused-ring (bicyclic) bond motifs is 1. The second-order valence-electron chi connectivity index (χ2n) is 13.9. The molecule has 0 aliphatic carbocycles. The van der Waals surface area contributed by atoms with Gasteiger partial charge in [-0.15, -0.1) is 0 Å². The molecule has 4 aromatic carbocycles. The van der Waals surface area contributed by atoms with Gasteiger partial charge in [-0.2, -0.15) is 0 Å². The summed E-state index contributed by atoms with van der Waals surface area (Å²) >= 11 is 0. The van der Waals surface area contributed by atoms with E-state index >= 15 is 0 Å². The average Bonchev–Trinajstić information content (AvgIpc) is 3.59. The summed E-state index contributed by atoms with van der Waals surface area (Å²) in [6.45, 7) is 8.46. The Kier molecular flexibility index (Phi) is 12.8. The van der Waals surface area contributed by atoms with Crippen LogP contribution in [-0.4, -0.2) is 69.1 Å². The molecular formula is C39H45N9O8. The zero-order valence-corrected chi connectivity index (χ0v) is 30.9. The fourth-order valence-electron chi connectivity index (χ4n) is 6.68. The Bertz CT molecular complexity index is 2180. The van der Waals surface area contributed by atoms with Crippen molar-refractivity contribution in [3.63, 3.8) is 0 Å². The van der Waals surface area contributed by atoms with Gasteiger partial charge in [0.1, 0.15) is 17.1 Å². The Hall–Kier alpha value is -6.59. The first-order chi connectivity index (χ1) is 26.6. The number of rotatable bonds is 7. The van der Waals surface area contributed by atoms with Gasteiger partial charge >= 0.3 is 0 Å². The summed E-state index contributed by atoms with van der Waals surface area (Å²) in [6.07, 6.45) is 3.57. The van der Waals surface area contributed by atoms with Crippen LogP contribution in [0.2, 0.25) is 0 Å². The van der Waals surface area contributed by atoms with E-state index in [0.717, 1.165) is 83.8 Å². The summed E-state index contributed by atoms with van der Waals surface area (Å²) in [7, 11) is 0. The van der Waals surface area contributed by atoms with Crippen molar-refractivity contribution < 1.29 is 25.0 Å². The van der Waals surface area contributed by atoms with Crippen molar-refractivity contribution in [2.24, 2.45) is 4.99 Å². The maximum absolute atomic E-state index is 11.1. The molecule has 2 fully saturated rings. The molecule has 2 saturated heterocycles. The van der Waals surface area contributed by atoms with E-state index in [1.165, 1.54) is 24.3 Å². The average molecular weight is 768 g/mol. The lowest BCUT2D eigenvalue weighted by atomic mass is 10.0. The number of aliphatic hydroxyl groups is 2. The zero-order valence-electron chi connectivity index (χ0n) is 30.9. The molecule has 3 heterocycles. The molecule has 7 rings (SSSR count). The molecule has 17 nitrogen and oxygen atoms in total. The van der Waals surface area contributed by atoms with Crippen LogP contribution in [0.15, 0.2) is 84.4 Å². The number of β-amino-alcohol motifs (C(OH)–C–C–N with tert-alkyl or cyclic N) is 2. The Balaban J connectivity index is 0.000000173. The van der Waals surface area contributed by atoms with Crippen LogP contribution in [0.1, 0.15) is 49.3 Å². The molecule has 0 radical (unpaired) electrons. The van der Waals surface area contributed by atoms with Crippen LogP contribution in [0.3, 0.4) is 0 Å². The number of nitrogens with zero attached hydrogens (tertiary/aromatic N) is 6. The normalized spacial score (nSPS) is 17.3. The van der Waals surface area contributed by atoms with Crippen molar-refractivity contribution in [2.75, 3.05) is 53.2 Å². The molecule has 17 heteroatoms. The van der Waals surface area contributed by atoms with Crippen LogP contribution < -0.4 is 27.0 Å².